The zero-order valence-electron chi connectivity index (χ0n) is 14.1. The van der Waals surface area contributed by atoms with Gasteiger partial charge in [0.1, 0.15) is 0 Å². The molecule has 1 unspecified atom stereocenters. The second kappa shape index (κ2) is 7.60. The van der Waals surface area contributed by atoms with Gasteiger partial charge in [0.25, 0.3) is 5.91 Å². The fourth-order valence-corrected chi connectivity index (χ4v) is 2.26. The van der Waals surface area contributed by atoms with E-state index in [-0.39, 0.29) is 17.4 Å². The minimum Gasteiger partial charge on any atom is -0.349 e. The van der Waals surface area contributed by atoms with Crippen LogP contribution in [-0.2, 0) is 6.54 Å². The number of nitrogens with two attached hydrogens (primary N) is 1. The molecule has 0 fully saturated rings. The van der Waals surface area contributed by atoms with E-state index >= 15 is 0 Å². The number of carbonyl (C=O) groups excluding carboxylic acids is 1. The molecule has 0 saturated heterocycles. The van der Waals surface area contributed by atoms with E-state index in [0.717, 1.165) is 18.4 Å². The van der Waals surface area contributed by atoms with Crippen LogP contribution < -0.4 is 11.1 Å². The number of benzene rings is 1. The second-order valence-corrected chi connectivity index (χ2v) is 7.26. The van der Waals surface area contributed by atoms with Gasteiger partial charge >= 0.3 is 0 Å². The maximum atomic E-state index is 12.4. The van der Waals surface area contributed by atoms with E-state index in [2.05, 4.69) is 39.9 Å². The molecule has 1 atom stereocenters. The van der Waals surface area contributed by atoms with Crippen LogP contribution >= 0.6 is 0 Å². The van der Waals surface area contributed by atoms with Crippen LogP contribution in [0.15, 0.2) is 24.3 Å². The second-order valence-electron chi connectivity index (χ2n) is 7.26. The molecule has 0 heterocycles. The molecule has 1 aromatic rings. The topological polar surface area (TPSA) is 55.1 Å². The van der Waals surface area contributed by atoms with E-state index in [0.29, 0.717) is 18.0 Å². The Morgan fingerprint density at radius 3 is 2.14 bits per heavy atom. The molecule has 0 aliphatic carbocycles. The first kappa shape index (κ1) is 17.7. The molecule has 0 aliphatic heterocycles. The monoisotopic (exact) mass is 290 g/mol. The van der Waals surface area contributed by atoms with Gasteiger partial charge in [-0.3, -0.25) is 4.79 Å². The van der Waals surface area contributed by atoms with Crippen molar-refractivity contribution < 1.29 is 4.79 Å². The fourth-order valence-electron chi connectivity index (χ4n) is 2.26. The molecule has 0 aliphatic rings. The molecular formula is C18H30N2O. The highest BCUT2D eigenvalue weighted by Gasteiger charge is 2.26. The summed E-state index contributed by atoms with van der Waals surface area (Å²) >= 11 is 0. The molecule has 3 heteroatoms. The molecule has 0 radical (unpaired) electrons. The fraction of sp³-hybridized carbons (Fsp3) is 0.611. The Balaban J connectivity index is 2.74. The summed E-state index contributed by atoms with van der Waals surface area (Å²) in [7, 11) is 0. The van der Waals surface area contributed by atoms with Crippen LogP contribution in [0.3, 0.4) is 0 Å². The van der Waals surface area contributed by atoms with E-state index in [4.69, 9.17) is 5.73 Å². The normalized spacial score (nSPS) is 13.3. The van der Waals surface area contributed by atoms with Crippen molar-refractivity contribution in [1.29, 1.82) is 0 Å². The third kappa shape index (κ3) is 5.88. The summed E-state index contributed by atoms with van der Waals surface area (Å²) in [6.45, 7) is 11.5. The summed E-state index contributed by atoms with van der Waals surface area (Å²) in [6, 6.07) is 7.70. The quantitative estimate of drug-likeness (QED) is 0.839. The molecule has 1 aromatic carbocycles. The Morgan fingerprint density at radius 1 is 1.14 bits per heavy atom. The number of hydrogen-bond acceptors (Lipinski definition) is 2. The van der Waals surface area contributed by atoms with Gasteiger partial charge in [0, 0.05) is 18.2 Å². The van der Waals surface area contributed by atoms with Crippen molar-refractivity contribution in [1.82, 2.24) is 5.32 Å². The van der Waals surface area contributed by atoms with E-state index in [1.54, 1.807) is 0 Å². The lowest BCUT2D eigenvalue weighted by Gasteiger charge is -2.32. The molecule has 3 nitrogen and oxygen atoms in total. The van der Waals surface area contributed by atoms with Gasteiger partial charge in [-0.2, -0.15) is 0 Å². The van der Waals surface area contributed by atoms with Crippen LogP contribution in [0.5, 0.6) is 0 Å². The van der Waals surface area contributed by atoms with Crippen LogP contribution in [0.4, 0.5) is 0 Å². The number of rotatable bonds is 6. The van der Waals surface area contributed by atoms with Crippen molar-refractivity contribution in [2.24, 2.45) is 17.1 Å². The minimum atomic E-state index is 0.00209. The summed E-state index contributed by atoms with van der Waals surface area (Å²) in [5.74, 6) is 0.651. The lowest BCUT2D eigenvalue weighted by atomic mass is 9.82. The number of amides is 1. The molecule has 21 heavy (non-hydrogen) atoms. The molecule has 0 saturated carbocycles. The standard InChI is InChI=1S/C18H30N2O/c1-13(2)6-11-16(18(3,4)5)20-17(21)15-9-7-14(12-19)8-10-15/h7-10,13,16H,6,11-12,19H2,1-5H3,(H,20,21). The average Bonchev–Trinajstić information content (AvgIpc) is 2.41. The van der Waals surface area contributed by atoms with Crippen molar-refractivity contribution in [3.63, 3.8) is 0 Å². The molecule has 0 bridgehead atoms. The van der Waals surface area contributed by atoms with Crippen molar-refractivity contribution in [3.8, 4) is 0 Å². The molecule has 0 spiro atoms. The van der Waals surface area contributed by atoms with Gasteiger partial charge in [-0.05, 0) is 41.9 Å². The average molecular weight is 290 g/mol. The Morgan fingerprint density at radius 2 is 1.71 bits per heavy atom. The number of hydrogen-bond donors (Lipinski definition) is 2. The minimum absolute atomic E-state index is 0.00209. The van der Waals surface area contributed by atoms with E-state index in [9.17, 15) is 4.79 Å². The molecule has 118 valence electrons. The predicted octanol–water partition coefficient (Wildman–Crippen LogP) is 3.73. The summed E-state index contributed by atoms with van der Waals surface area (Å²) in [4.78, 5) is 12.4. The van der Waals surface area contributed by atoms with Gasteiger partial charge in [0.15, 0.2) is 0 Å². The molecule has 3 N–H and O–H groups in total. The third-order valence-electron chi connectivity index (χ3n) is 3.84. The van der Waals surface area contributed by atoms with Gasteiger partial charge in [0.05, 0.1) is 0 Å². The van der Waals surface area contributed by atoms with Gasteiger partial charge < -0.3 is 11.1 Å². The van der Waals surface area contributed by atoms with E-state index in [1.165, 1.54) is 0 Å². The van der Waals surface area contributed by atoms with Crippen molar-refractivity contribution in [2.45, 2.75) is 60.0 Å². The van der Waals surface area contributed by atoms with Crippen LogP contribution in [0.1, 0.15) is 63.4 Å². The maximum Gasteiger partial charge on any atom is 0.251 e. The van der Waals surface area contributed by atoms with E-state index < -0.39 is 0 Å². The van der Waals surface area contributed by atoms with Crippen LogP contribution in [0, 0.1) is 11.3 Å². The van der Waals surface area contributed by atoms with Crippen molar-refractivity contribution in [2.75, 3.05) is 0 Å². The molecule has 1 amide bonds. The Bertz CT molecular complexity index is 443. The van der Waals surface area contributed by atoms with Crippen LogP contribution in [-0.4, -0.2) is 11.9 Å². The van der Waals surface area contributed by atoms with Crippen LogP contribution in [0.25, 0.3) is 0 Å². The third-order valence-corrected chi connectivity index (χ3v) is 3.84. The lowest BCUT2D eigenvalue weighted by molar-refractivity contribution is 0.0894. The van der Waals surface area contributed by atoms with E-state index in [1.807, 2.05) is 24.3 Å². The Kier molecular flexibility index (Phi) is 6.41. The van der Waals surface area contributed by atoms with Gasteiger partial charge in [-0.25, -0.2) is 0 Å². The van der Waals surface area contributed by atoms with Crippen molar-refractivity contribution in [3.05, 3.63) is 35.4 Å². The molecular weight excluding hydrogens is 260 g/mol. The first-order chi connectivity index (χ1) is 9.74. The summed E-state index contributed by atoms with van der Waals surface area (Å²) in [6.07, 6.45) is 2.13. The summed E-state index contributed by atoms with van der Waals surface area (Å²) in [5, 5.41) is 3.20. The van der Waals surface area contributed by atoms with Crippen molar-refractivity contribution >= 4 is 5.91 Å². The first-order valence-corrected chi connectivity index (χ1v) is 7.84. The largest absolute Gasteiger partial charge is 0.349 e. The zero-order chi connectivity index (χ0) is 16.0. The highest BCUT2D eigenvalue weighted by Crippen LogP contribution is 2.25. The number of carbonyl (C=O) groups is 1. The highest BCUT2D eigenvalue weighted by atomic mass is 16.1. The number of nitrogens with one attached hydrogen (secondary N) is 1. The summed E-state index contributed by atoms with van der Waals surface area (Å²) < 4.78 is 0. The smallest absolute Gasteiger partial charge is 0.251 e. The highest BCUT2D eigenvalue weighted by molar-refractivity contribution is 5.94. The van der Waals surface area contributed by atoms with Gasteiger partial charge in [-0.15, -0.1) is 0 Å². The van der Waals surface area contributed by atoms with Crippen LogP contribution in [0.2, 0.25) is 0 Å². The Hall–Kier alpha value is -1.35. The predicted molar refractivity (Wildman–Crippen MR) is 89.1 cm³/mol. The SMILES string of the molecule is CC(C)CCC(NC(=O)c1ccc(CN)cc1)C(C)(C)C. The van der Waals surface area contributed by atoms with Gasteiger partial charge in [-0.1, -0.05) is 46.8 Å². The lowest BCUT2D eigenvalue weighted by Crippen LogP contribution is -2.43. The first-order valence-electron chi connectivity index (χ1n) is 7.84. The zero-order valence-corrected chi connectivity index (χ0v) is 14.1. The van der Waals surface area contributed by atoms with Gasteiger partial charge in [0.2, 0.25) is 0 Å². The maximum absolute atomic E-state index is 12.4. The summed E-state index contributed by atoms with van der Waals surface area (Å²) in [5.41, 5.74) is 7.38. The molecule has 0 aromatic heterocycles. The Labute approximate surface area is 129 Å². The molecule has 1 rings (SSSR count).